The Labute approximate surface area is 124 Å². The van der Waals surface area contributed by atoms with E-state index in [0.29, 0.717) is 12.2 Å². The highest BCUT2D eigenvalue weighted by molar-refractivity contribution is 7.89. The molecule has 0 aromatic heterocycles. The van der Waals surface area contributed by atoms with Gasteiger partial charge in [-0.1, -0.05) is 6.92 Å². The number of carbonyl (C=O) groups is 1. The number of benzene rings is 1. The second kappa shape index (κ2) is 7.96. The predicted molar refractivity (Wildman–Crippen MR) is 79.1 cm³/mol. The first-order chi connectivity index (χ1) is 9.92. The minimum absolute atomic E-state index is 0.0867. The summed E-state index contributed by atoms with van der Waals surface area (Å²) in [7, 11) is -3.84. The molecule has 1 aromatic rings. The van der Waals surface area contributed by atoms with Crippen LogP contribution in [-0.2, 0) is 10.0 Å². The van der Waals surface area contributed by atoms with Gasteiger partial charge in [0.05, 0.1) is 11.3 Å². The van der Waals surface area contributed by atoms with Crippen LogP contribution in [0.3, 0.4) is 0 Å². The lowest BCUT2D eigenvalue weighted by molar-refractivity contribution is 0.0696. The standard InChI is InChI=1S/C13H20N2O5S/c1-2-6-14-11-5-4-10(13(17)18)9-12(11)21(19,20)15-7-3-8-16/h4-5,9,14-16H,2-3,6-8H2,1H3,(H,17,18). The second-order valence-electron chi connectivity index (χ2n) is 4.42. The zero-order valence-corrected chi connectivity index (χ0v) is 12.6. The van der Waals surface area contributed by atoms with Crippen LogP contribution in [0.1, 0.15) is 30.1 Å². The first kappa shape index (κ1) is 17.4. The van der Waals surface area contributed by atoms with Crippen molar-refractivity contribution in [1.29, 1.82) is 0 Å². The van der Waals surface area contributed by atoms with E-state index in [1.165, 1.54) is 12.1 Å². The smallest absolute Gasteiger partial charge is 0.335 e. The van der Waals surface area contributed by atoms with E-state index in [4.69, 9.17) is 10.2 Å². The monoisotopic (exact) mass is 316 g/mol. The summed E-state index contributed by atoms with van der Waals surface area (Å²) in [6, 6.07) is 3.92. The molecule has 0 fully saturated rings. The minimum Gasteiger partial charge on any atom is -0.478 e. The number of hydrogen-bond donors (Lipinski definition) is 4. The van der Waals surface area contributed by atoms with Crippen molar-refractivity contribution in [1.82, 2.24) is 4.72 Å². The highest BCUT2D eigenvalue weighted by Crippen LogP contribution is 2.23. The van der Waals surface area contributed by atoms with Crippen LogP contribution in [0.4, 0.5) is 5.69 Å². The van der Waals surface area contributed by atoms with Gasteiger partial charge in [-0.15, -0.1) is 0 Å². The molecule has 0 heterocycles. The maximum Gasteiger partial charge on any atom is 0.335 e. The maximum absolute atomic E-state index is 12.2. The van der Waals surface area contributed by atoms with Gasteiger partial charge in [0.2, 0.25) is 10.0 Å². The van der Waals surface area contributed by atoms with Crippen molar-refractivity contribution in [3.05, 3.63) is 23.8 Å². The van der Waals surface area contributed by atoms with E-state index < -0.39 is 16.0 Å². The Balaban J connectivity index is 3.14. The van der Waals surface area contributed by atoms with E-state index in [9.17, 15) is 13.2 Å². The van der Waals surface area contributed by atoms with E-state index >= 15 is 0 Å². The van der Waals surface area contributed by atoms with Crippen LogP contribution in [0.15, 0.2) is 23.1 Å². The van der Waals surface area contributed by atoms with Crippen LogP contribution >= 0.6 is 0 Å². The van der Waals surface area contributed by atoms with Gasteiger partial charge in [0.15, 0.2) is 0 Å². The fourth-order valence-electron chi connectivity index (χ4n) is 1.65. The van der Waals surface area contributed by atoms with Crippen LogP contribution in [0, 0.1) is 0 Å². The fourth-order valence-corrected chi connectivity index (χ4v) is 2.93. The topological polar surface area (TPSA) is 116 Å². The highest BCUT2D eigenvalue weighted by Gasteiger charge is 2.20. The Morgan fingerprint density at radius 3 is 2.57 bits per heavy atom. The SMILES string of the molecule is CCCNc1ccc(C(=O)O)cc1S(=O)(=O)NCCCO. The zero-order valence-electron chi connectivity index (χ0n) is 11.8. The summed E-state index contributed by atoms with van der Waals surface area (Å²) in [6.45, 7) is 2.47. The lowest BCUT2D eigenvalue weighted by atomic mass is 10.2. The molecule has 0 spiro atoms. The summed E-state index contributed by atoms with van der Waals surface area (Å²) >= 11 is 0. The van der Waals surface area contributed by atoms with Gasteiger partial charge in [-0.2, -0.15) is 0 Å². The molecular weight excluding hydrogens is 296 g/mol. The third-order valence-electron chi connectivity index (χ3n) is 2.71. The van der Waals surface area contributed by atoms with Gasteiger partial charge in [0.25, 0.3) is 0 Å². The molecule has 0 aliphatic rings. The Morgan fingerprint density at radius 2 is 2.00 bits per heavy atom. The summed E-state index contributed by atoms with van der Waals surface area (Å²) in [5.74, 6) is -1.19. The number of rotatable bonds is 9. The molecule has 0 atom stereocenters. The van der Waals surface area contributed by atoms with Crippen LogP contribution in [0.25, 0.3) is 0 Å². The number of aliphatic hydroxyl groups excluding tert-OH is 1. The van der Waals surface area contributed by atoms with Gasteiger partial charge in [0, 0.05) is 19.7 Å². The summed E-state index contributed by atoms with van der Waals surface area (Å²) in [5.41, 5.74) is 0.262. The molecule has 1 aromatic carbocycles. The van der Waals surface area contributed by atoms with Crippen molar-refractivity contribution in [2.45, 2.75) is 24.7 Å². The predicted octanol–water partition coefficient (Wildman–Crippen LogP) is 0.867. The first-order valence-electron chi connectivity index (χ1n) is 6.64. The Kier molecular flexibility index (Phi) is 6.60. The quantitative estimate of drug-likeness (QED) is 0.502. The summed E-state index contributed by atoms with van der Waals surface area (Å²) in [4.78, 5) is 10.9. The molecule has 7 nitrogen and oxygen atoms in total. The van der Waals surface area contributed by atoms with Gasteiger partial charge < -0.3 is 15.5 Å². The molecular formula is C13H20N2O5S. The van der Waals surface area contributed by atoms with E-state index in [2.05, 4.69) is 10.0 Å². The van der Waals surface area contributed by atoms with Crippen molar-refractivity contribution < 1.29 is 23.4 Å². The molecule has 0 amide bonds. The number of carboxylic acids is 1. The largest absolute Gasteiger partial charge is 0.478 e. The molecule has 0 bridgehead atoms. The molecule has 118 valence electrons. The molecule has 0 saturated heterocycles. The van der Waals surface area contributed by atoms with Crippen LogP contribution in [0.5, 0.6) is 0 Å². The number of carboxylic acid groups (broad SMARTS) is 1. The van der Waals surface area contributed by atoms with Gasteiger partial charge in [-0.25, -0.2) is 17.9 Å². The Bertz CT molecular complexity index is 586. The lowest BCUT2D eigenvalue weighted by Gasteiger charge is -2.13. The van der Waals surface area contributed by atoms with Crippen LogP contribution in [-0.4, -0.2) is 44.3 Å². The number of aromatic carboxylic acids is 1. The van der Waals surface area contributed by atoms with Gasteiger partial charge in [0.1, 0.15) is 4.90 Å². The van der Waals surface area contributed by atoms with Crippen molar-refractivity contribution in [2.24, 2.45) is 0 Å². The maximum atomic E-state index is 12.2. The normalized spacial score (nSPS) is 11.3. The number of aliphatic hydroxyl groups is 1. The van der Waals surface area contributed by atoms with E-state index in [0.717, 1.165) is 12.5 Å². The van der Waals surface area contributed by atoms with Crippen LogP contribution in [0.2, 0.25) is 0 Å². The van der Waals surface area contributed by atoms with E-state index in [1.54, 1.807) is 0 Å². The average Bonchev–Trinajstić information content (AvgIpc) is 2.45. The molecule has 21 heavy (non-hydrogen) atoms. The lowest BCUT2D eigenvalue weighted by Crippen LogP contribution is -2.26. The number of anilines is 1. The van der Waals surface area contributed by atoms with Gasteiger partial charge >= 0.3 is 5.97 Å². The van der Waals surface area contributed by atoms with Crippen molar-refractivity contribution in [3.63, 3.8) is 0 Å². The zero-order chi connectivity index (χ0) is 15.9. The van der Waals surface area contributed by atoms with E-state index in [1.807, 2.05) is 6.92 Å². The molecule has 8 heteroatoms. The third kappa shape index (κ3) is 5.00. The number of nitrogens with one attached hydrogen (secondary N) is 2. The molecule has 0 saturated carbocycles. The molecule has 0 aliphatic heterocycles. The highest BCUT2D eigenvalue weighted by atomic mass is 32.2. The number of hydrogen-bond acceptors (Lipinski definition) is 5. The Morgan fingerprint density at radius 1 is 1.29 bits per heavy atom. The molecule has 1 rings (SSSR count). The average molecular weight is 316 g/mol. The first-order valence-corrected chi connectivity index (χ1v) is 8.12. The minimum atomic E-state index is -3.84. The molecule has 0 unspecified atom stereocenters. The Hall–Kier alpha value is -1.64. The van der Waals surface area contributed by atoms with Crippen molar-refractivity contribution in [3.8, 4) is 0 Å². The van der Waals surface area contributed by atoms with E-state index in [-0.39, 0.29) is 30.0 Å². The van der Waals surface area contributed by atoms with Crippen LogP contribution < -0.4 is 10.0 Å². The third-order valence-corrected chi connectivity index (χ3v) is 4.21. The summed E-state index contributed by atoms with van der Waals surface area (Å²) in [5, 5.41) is 20.6. The fraction of sp³-hybridized carbons (Fsp3) is 0.462. The summed E-state index contributed by atoms with van der Waals surface area (Å²) in [6.07, 6.45) is 1.09. The molecule has 0 radical (unpaired) electrons. The molecule has 4 N–H and O–H groups in total. The summed E-state index contributed by atoms with van der Waals surface area (Å²) < 4.78 is 26.8. The second-order valence-corrected chi connectivity index (χ2v) is 6.15. The number of sulfonamides is 1. The van der Waals surface area contributed by atoms with Crippen molar-refractivity contribution in [2.75, 3.05) is 25.0 Å². The van der Waals surface area contributed by atoms with Crippen molar-refractivity contribution >= 4 is 21.7 Å². The molecule has 0 aliphatic carbocycles. The van der Waals surface area contributed by atoms with Gasteiger partial charge in [-0.05, 0) is 31.0 Å². The van der Waals surface area contributed by atoms with Gasteiger partial charge in [-0.3, -0.25) is 0 Å².